The van der Waals surface area contributed by atoms with E-state index >= 15 is 0 Å². The Morgan fingerprint density at radius 1 is 1.36 bits per heavy atom. The number of nitrogens with zero attached hydrogens (tertiary/aromatic N) is 1. The van der Waals surface area contributed by atoms with E-state index in [-0.39, 0.29) is 23.9 Å². The van der Waals surface area contributed by atoms with E-state index in [1.54, 1.807) is 12.1 Å². The Kier molecular flexibility index (Phi) is 7.20. The Morgan fingerprint density at radius 2 is 2.08 bits per heavy atom. The summed E-state index contributed by atoms with van der Waals surface area (Å²) in [6, 6.07) is 5.72. The zero-order chi connectivity index (χ0) is 18.2. The molecule has 1 heterocycles. The fourth-order valence-electron chi connectivity index (χ4n) is 1.84. The maximum absolute atomic E-state index is 12.8. The van der Waals surface area contributed by atoms with Crippen LogP contribution in [0.25, 0.3) is 0 Å². The lowest BCUT2D eigenvalue weighted by molar-refractivity contribution is -0.116. The minimum Gasteiger partial charge on any atom is -0.494 e. The van der Waals surface area contributed by atoms with Gasteiger partial charge in [-0.3, -0.25) is 9.59 Å². The highest BCUT2D eigenvalue weighted by molar-refractivity contribution is 8.01. The first-order valence-electron chi connectivity index (χ1n) is 7.51. The van der Waals surface area contributed by atoms with Gasteiger partial charge in [0.25, 0.3) is 0 Å². The van der Waals surface area contributed by atoms with E-state index in [4.69, 9.17) is 10.5 Å². The molecule has 6 nitrogen and oxygen atoms in total. The molecule has 0 aliphatic carbocycles. The fourth-order valence-corrected chi connectivity index (χ4v) is 3.74. The van der Waals surface area contributed by atoms with Crippen molar-refractivity contribution in [1.29, 1.82) is 0 Å². The third-order valence-electron chi connectivity index (χ3n) is 2.98. The van der Waals surface area contributed by atoms with E-state index in [9.17, 15) is 14.0 Å². The second kappa shape index (κ2) is 9.38. The van der Waals surface area contributed by atoms with Crippen molar-refractivity contribution in [2.45, 2.75) is 24.0 Å². The number of thioether (sulfide) groups is 1. The predicted molar refractivity (Wildman–Crippen MR) is 96.5 cm³/mol. The summed E-state index contributed by atoms with van der Waals surface area (Å²) < 4.78 is 19.1. The van der Waals surface area contributed by atoms with Gasteiger partial charge in [-0.25, -0.2) is 9.37 Å². The monoisotopic (exact) mass is 383 g/mol. The lowest BCUT2D eigenvalue weighted by Crippen LogP contribution is -2.12. The SMILES string of the molecule is Cc1nc(NC(=O)CCCOc2ccc(F)cc2)sc1SCC(N)=O. The maximum atomic E-state index is 12.8. The van der Waals surface area contributed by atoms with Crippen LogP contribution in [0.3, 0.4) is 0 Å². The van der Waals surface area contributed by atoms with Gasteiger partial charge in [-0.15, -0.1) is 11.8 Å². The summed E-state index contributed by atoms with van der Waals surface area (Å²) in [6.07, 6.45) is 0.806. The summed E-state index contributed by atoms with van der Waals surface area (Å²) >= 11 is 2.62. The Morgan fingerprint density at radius 3 is 2.76 bits per heavy atom. The lowest BCUT2D eigenvalue weighted by atomic mass is 10.3. The molecule has 25 heavy (non-hydrogen) atoms. The van der Waals surface area contributed by atoms with Gasteiger partial charge in [-0.2, -0.15) is 0 Å². The number of carbonyl (C=O) groups is 2. The molecule has 9 heteroatoms. The van der Waals surface area contributed by atoms with Crippen molar-refractivity contribution in [3.63, 3.8) is 0 Å². The Bertz CT molecular complexity index is 735. The molecule has 0 unspecified atom stereocenters. The third-order valence-corrected chi connectivity index (χ3v) is 5.43. The molecule has 0 aliphatic rings. The van der Waals surface area contributed by atoms with Crippen LogP contribution >= 0.6 is 23.1 Å². The first kappa shape index (κ1) is 19.2. The molecular weight excluding hydrogens is 365 g/mol. The van der Waals surface area contributed by atoms with E-state index in [1.165, 1.54) is 35.2 Å². The Hall–Kier alpha value is -2.13. The van der Waals surface area contributed by atoms with E-state index in [0.717, 1.165) is 9.90 Å². The molecule has 0 aliphatic heterocycles. The van der Waals surface area contributed by atoms with Crippen molar-refractivity contribution in [1.82, 2.24) is 4.98 Å². The van der Waals surface area contributed by atoms with Crippen LogP contribution < -0.4 is 15.8 Å². The van der Waals surface area contributed by atoms with Crippen molar-refractivity contribution in [2.24, 2.45) is 5.73 Å². The van der Waals surface area contributed by atoms with E-state index in [2.05, 4.69) is 10.3 Å². The van der Waals surface area contributed by atoms with Crippen molar-refractivity contribution < 1.29 is 18.7 Å². The number of amides is 2. The van der Waals surface area contributed by atoms with Crippen LogP contribution in [0.15, 0.2) is 28.5 Å². The number of hydrogen-bond donors (Lipinski definition) is 2. The molecule has 0 atom stereocenters. The maximum Gasteiger partial charge on any atom is 0.227 e. The molecule has 1 aromatic carbocycles. The molecule has 3 N–H and O–H groups in total. The van der Waals surface area contributed by atoms with E-state index in [0.29, 0.717) is 23.9 Å². The number of halogens is 1. The van der Waals surface area contributed by atoms with Gasteiger partial charge in [0.1, 0.15) is 11.6 Å². The molecule has 0 saturated heterocycles. The number of primary amides is 1. The summed E-state index contributed by atoms with van der Waals surface area (Å²) in [7, 11) is 0. The highest BCUT2D eigenvalue weighted by atomic mass is 32.2. The smallest absolute Gasteiger partial charge is 0.227 e. The fraction of sp³-hybridized carbons (Fsp3) is 0.312. The number of nitrogens with one attached hydrogen (secondary N) is 1. The van der Waals surface area contributed by atoms with Gasteiger partial charge in [0.2, 0.25) is 11.8 Å². The first-order valence-corrected chi connectivity index (χ1v) is 9.31. The standard InChI is InChI=1S/C16H18FN3O3S2/c1-10-15(24-9-13(18)21)25-16(19-10)20-14(22)3-2-8-23-12-6-4-11(17)5-7-12/h4-7H,2-3,8-9H2,1H3,(H2,18,21)(H,19,20,22). The van der Waals surface area contributed by atoms with Crippen molar-refractivity contribution in [3.8, 4) is 5.75 Å². The van der Waals surface area contributed by atoms with Gasteiger partial charge in [0, 0.05) is 6.42 Å². The second-order valence-electron chi connectivity index (χ2n) is 5.10. The van der Waals surface area contributed by atoms with Gasteiger partial charge >= 0.3 is 0 Å². The molecule has 0 spiro atoms. The number of aryl methyl sites for hydroxylation is 1. The average molecular weight is 383 g/mol. The molecule has 2 rings (SSSR count). The van der Waals surface area contributed by atoms with Gasteiger partial charge in [-0.05, 0) is 37.6 Å². The number of ether oxygens (including phenoxy) is 1. The first-order chi connectivity index (χ1) is 11.9. The second-order valence-corrected chi connectivity index (χ2v) is 7.34. The van der Waals surface area contributed by atoms with Gasteiger partial charge < -0.3 is 15.8 Å². The summed E-state index contributed by atoms with van der Waals surface area (Å²) in [6.45, 7) is 2.17. The number of anilines is 1. The zero-order valence-corrected chi connectivity index (χ0v) is 15.2. The van der Waals surface area contributed by atoms with Gasteiger partial charge in [-0.1, -0.05) is 11.3 Å². The van der Waals surface area contributed by atoms with Crippen LogP contribution in [-0.4, -0.2) is 29.2 Å². The number of thiazole rings is 1. The molecule has 0 radical (unpaired) electrons. The molecule has 0 bridgehead atoms. The van der Waals surface area contributed by atoms with E-state index in [1.807, 2.05) is 6.92 Å². The van der Waals surface area contributed by atoms with E-state index < -0.39 is 5.91 Å². The van der Waals surface area contributed by atoms with Crippen molar-refractivity contribution >= 4 is 40.0 Å². The summed E-state index contributed by atoms with van der Waals surface area (Å²) in [5.41, 5.74) is 5.88. The summed E-state index contributed by atoms with van der Waals surface area (Å²) in [5.74, 6) is -0.142. The summed E-state index contributed by atoms with van der Waals surface area (Å²) in [5, 5.41) is 3.23. The van der Waals surface area contributed by atoms with Gasteiger partial charge in [0.15, 0.2) is 5.13 Å². The van der Waals surface area contributed by atoms with Crippen LogP contribution in [-0.2, 0) is 9.59 Å². The van der Waals surface area contributed by atoms with Crippen LogP contribution in [0.2, 0.25) is 0 Å². The third kappa shape index (κ3) is 6.71. The highest BCUT2D eigenvalue weighted by Gasteiger charge is 2.11. The van der Waals surface area contributed by atoms with Crippen LogP contribution in [0, 0.1) is 12.7 Å². The molecule has 0 saturated carbocycles. The predicted octanol–water partition coefficient (Wildman–Crippen LogP) is 2.97. The van der Waals surface area contributed by atoms with Crippen molar-refractivity contribution in [2.75, 3.05) is 17.7 Å². The van der Waals surface area contributed by atoms with Crippen molar-refractivity contribution in [3.05, 3.63) is 35.8 Å². The van der Waals surface area contributed by atoms with Crippen LogP contribution in [0.1, 0.15) is 18.5 Å². The highest BCUT2D eigenvalue weighted by Crippen LogP contribution is 2.31. The zero-order valence-electron chi connectivity index (χ0n) is 13.6. The molecule has 2 amide bonds. The minimum absolute atomic E-state index is 0.164. The number of nitrogens with two attached hydrogens (primary N) is 1. The normalized spacial score (nSPS) is 10.5. The molecule has 134 valence electrons. The topological polar surface area (TPSA) is 94.3 Å². The summed E-state index contributed by atoms with van der Waals surface area (Å²) in [4.78, 5) is 27.0. The van der Waals surface area contributed by atoms with Crippen LogP contribution in [0.5, 0.6) is 5.75 Å². The molecular formula is C16H18FN3O3S2. The quantitative estimate of drug-likeness (QED) is 0.513. The molecule has 2 aromatic rings. The number of benzene rings is 1. The Balaban J connectivity index is 1.72. The van der Waals surface area contributed by atoms with Crippen LogP contribution in [0.4, 0.5) is 9.52 Å². The minimum atomic E-state index is -0.399. The average Bonchev–Trinajstić information content (AvgIpc) is 2.90. The number of rotatable bonds is 9. The molecule has 1 aromatic heterocycles. The number of carbonyl (C=O) groups excluding carboxylic acids is 2. The number of aromatic nitrogens is 1. The molecule has 0 fully saturated rings. The Labute approximate surface area is 153 Å². The number of hydrogen-bond acceptors (Lipinski definition) is 6. The lowest BCUT2D eigenvalue weighted by Gasteiger charge is -2.05. The van der Waals surface area contributed by atoms with Gasteiger partial charge in [0.05, 0.1) is 22.3 Å². The largest absolute Gasteiger partial charge is 0.494 e.